The first-order valence-electron chi connectivity index (χ1n) is 9.80. The molecule has 0 spiro atoms. The molecular weight excluding hydrogens is 406 g/mol. The fourth-order valence-electron chi connectivity index (χ4n) is 3.33. The van der Waals surface area contributed by atoms with E-state index >= 15 is 0 Å². The van der Waals surface area contributed by atoms with Crippen molar-refractivity contribution in [3.05, 3.63) is 90.5 Å². The van der Waals surface area contributed by atoms with Gasteiger partial charge in [0, 0.05) is 16.7 Å². The van der Waals surface area contributed by atoms with Gasteiger partial charge < -0.3 is 10.2 Å². The standard InChI is InChI=1S/C24H17N5O3/c30-20-12-11-17(13-21(20)31)22(32)26-23-27-24-25-18(15-7-3-1-4-8-15)14-19(29(24)28-23)16-9-5-2-6-10-16/h1-14,30-31H,(H,26,28,32). The zero-order chi connectivity index (χ0) is 22.1. The highest BCUT2D eigenvalue weighted by Crippen LogP contribution is 2.27. The van der Waals surface area contributed by atoms with Crippen LogP contribution in [0.1, 0.15) is 10.4 Å². The first-order chi connectivity index (χ1) is 15.6. The molecular formula is C24H17N5O3. The number of fused-ring (bicyclic) bond motifs is 1. The molecule has 8 nitrogen and oxygen atoms in total. The van der Waals surface area contributed by atoms with Crippen LogP contribution in [-0.2, 0) is 0 Å². The second-order valence-electron chi connectivity index (χ2n) is 7.06. The van der Waals surface area contributed by atoms with Crippen LogP contribution in [-0.4, -0.2) is 35.7 Å². The Morgan fingerprint density at radius 1 is 0.781 bits per heavy atom. The summed E-state index contributed by atoms with van der Waals surface area (Å²) in [7, 11) is 0. The molecule has 1 amide bonds. The Morgan fingerprint density at radius 3 is 2.16 bits per heavy atom. The lowest BCUT2D eigenvalue weighted by Crippen LogP contribution is -2.13. The Hall–Kier alpha value is -4.72. The summed E-state index contributed by atoms with van der Waals surface area (Å²) < 4.78 is 1.58. The summed E-state index contributed by atoms with van der Waals surface area (Å²) in [5.41, 5.74) is 3.50. The third-order valence-corrected chi connectivity index (χ3v) is 4.91. The molecule has 0 aliphatic rings. The summed E-state index contributed by atoms with van der Waals surface area (Å²) in [4.78, 5) is 21.6. The smallest absolute Gasteiger partial charge is 0.258 e. The van der Waals surface area contributed by atoms with Crippen molar-refractivity contribution in [3.63, 3.8) is 0 Å². The van der Waals surface area contributed by atoms with E-state index in [9.17, 15) is 15.0 Å². The highest BCUT2D eigenvalue weighted by Gasteiger charge is 2.16. The van der Waals surface area contributed by atoms with Crippen LogP contribution in [0, 0.1) is 0 Å². The lowest BCUT2D eigenvalue weighted by Gasteiger charge is -2.07. The number of carbonyl (C=O) groups is 1. The van der Waals surface area contributed by atoms with Gasteiger partial charge in [0.15, 0.2) is 11.5 Å². The zero-order valence-electron chi connectivity index (χ0n) is 16.7. The maximum Gasteiger partial charge on any atom is 0.258 e. The van der Waals surface area contributed by atoms with Crippen LogP contribution in [0.5, 0.6) is 11.5 Å². The van der Waals surface area contributed by atoms with Gasteiger partial charge >= 0.3 is 0 Å². The molecule has 0 radical (unpaired) electrons. The Labute approximate surface area is 182 Å². The van der Waals surface area contributed by atoms with Gasteiger partial charge in [0.05, 0.1) is 11.4 Å². The van der Waals surface area contributed by atoms with Crippen LogP contribution in [0.15, 0.2) is 84.9 Å². The molecule has 2 heterocycles. The number of phenols is 2. The van der Waals surface area contributed by atoms with Crippen molar-refractivity contribution < 1.29 is 15.0 Å². The number of benzene rings is 3. The minimum Gasteiger partial charge on any atom is -0.504 e. The van der Waals surface area contributed by atoms with Gasteiger partial charge in [0.25, 0.3) is 17.6 Å². The van der Waals surface area contributed by atoms with Crippen LogP contribution in [0.3, 0.4) is 0 Å². The van der Waals surface area contributed by atoms with E-state index in [1.165, 1.54) is 18.2 Å². The maximum absolute atomic E-state index is 12.6. The second-order valence-corrected chi connectivity index (χ2v) is 7.06. The Balaban J connectivity index is 1.59. The largest absolute Gasteiger partial charge is 0.504 e. The van der Waals surface area contributed by atoms with Crippen LogP contribution < -0.4 is 5.32 Å². The van der Waals surface area contributed by atoms with Crippen molar-refractivity contribution in [1.29, 1.82) is 0 Å². The third-order valence-electron chi connectivity index (χ3n) is 4.91. The summed E-state index contributed by atoms with van der Waals surface area (Å²) >= 11 is 0. The molecule has 156 valence electrons. The molecule has 3 N–H and O–H groups in total. The summed E-state index contributed by atoms with van der Waals surface area (Å²) in [5, 5.41) is 26.2. The number of nitrogens with one attached hydrogen (secondary N) is 1. The quantitative estimate of drug-likeness (QED) is 0.375. The second kappa shape index (κ2) is 7.84. The number of aromatic nitrogens is 4. The van der Waals surface area contributed by atoms with Crippen LogP contribution in [0.4, 0.5) is 5.95 Å². The fourth-order valence-corrected chi connectivity index (χ4v) is 3.33. The normalized spacial score (nSPS) is 10.9. The molecule has 0 saturated heterocycles. The van der Waals surface area contributed by atoms with E-state index in [1.54, 1.807) is 4.52 Å². The molecule has 0 saturated carbocycles. The number of aromatic hydroxyl groups is 2. The molecule has 0 aliphatic heterocycles. The van der Waals surface area contributed by atoms with Gasteiger partial charge in [0.2, 0.25) is 0 Å². The molecule has 0 fully saturated rings. The van der Waals surface area contributed by atoms with Crippen molar-refractivity contribution in [2.24, 2.45) is 0 Å². The molecule has 0 atom stereocenters. The Bertz CT molecular complexity index is 1430. The summed E-state index contributed by atoms with van der Waals surface area (Å²) in [6.45, 7) is 0. The number of carbonyl (C=O) groups excluding carboxylic acids is 1. The number of anilines is 1. The van der Waals surface area contributed by atoms with Crippen molar-refractivity contribution in [3.8, 4) is 34.0 Å². The minimum absolute atomic E-state index is 0.0671. The maximum atomic E-state index is 12.6. The number of nitrogens with zero attached hydrogens (tertiary/aromatic N) is 4. The molecule has 0 unspecified atom stereocenters. The average molecular weight is 423 g/mol. The van der Waals surface area contributed by atoms with E-state index in [0.717, 1.165) is 22.5 Å². The third kappa shape index (κ3) is 3.61. The lowest BCUT2D eigenvalue weighted by atomic mass is 10.1. The molecule has 5 rings (SSSR count). The molecule has 5 aromatic rings. The monoisotopic (exact) mass is 423 g/mol. The lowest BCUT2D eigenvalue weighted by molar-refractivity contribution is 0.102. The van der Waals surface area contributed by atoms with Gasteiger partial charge in [0.1, 0.15) is 0 Å². The van der Waals surface area contributed by atoms with Crippen LogP contribution in [0.25, 0.3) is 28.3 Å². The summed E-state index contributed by atoms with van der Waals surface area (Å²) in [5.74, 6) is -0.828. The van der Waals surface area contributed by atoms with Gasteiger partial charge in [-0.15, -0.1) is 5.10 Å². The Morgan fingerprint density at radius 2 is 1.47 bits per heavy atom. The van der Waals surface area contributed by atoms with Crippen molar-refractivity contribution in [1.82, 2.24) is 19.6 Å². The summed E-state index contributed by atoms with van der Waals surface area (Å²) in [6, 6.07) is 25.2. The van der Waals surface area contributed by atoms with Gasteiger partial charge in [-0.05, 0) is 24.3 Å². The fraction of sp³-hybridized carbons (Fsp3) is 0. The number of hydrogen-bond donors (Lipinski definition) is 3. The molecule has 8 heteroatoms. The first-order valence-corrected chi connectivity index (χ1v) is 9.80. The van der Waals surface area contributed by atoms with E-state index in [4.69, 9.17) is 0 Å². The predicted octanol–water partition coefficient (Wildman–Crippen LogP) is 4.12. The van der Waals surface area contributed by atoms with Gasteiger partial charge in [-0.1, -0.05) is 60.7 Å². The first kappa shape index (κ1) is 19.3. The molecule has 0 bridgehead atoms. The average Bonchev–Trinajstić information content (AvgIpc) is 3.23. The SMILES string of the molecule is O=C(Nc1nc2nc(-c3ccccc3)cc(-c3ccccc3)n2n1)c1ccc(O)c(O)c1. The molecule has 3 aromatic carbocycles. The number of rotatable bonds is 4. The van der Waals surface area contributed by atoms with Crippen molar-refractivity contribution in [2.75, 3.05) is 5.32 Å². The topological polar surface area (TPSA) is 113 Å². The van der Waals surface area contributed by atoms with E-state index in [0.29, 0.717) is 5.78 Å². The van der Waals surface area contributed by atoms with Gasteiger partial charge in [-0.3, -0.25) is 10.1 Å². The zero-order valence-corrected chi connectivity index (χ0v) is 16.7. The van der Waals surface area contributed by atoms with Gasteiger partial charge in [-0.2, -0.15) is 9.50 Å². The van der Waals surface area contributed by atoms with E-state index in [-0.39, 0.29) is 23.0 Å². The van der Waals surface area contributed by atoms with E-state index in [1.807, 2.05) is 66.7 Å². The predicted molar refractivity (Wildman–Crippen MR) is 119 cm³/mol. The number of phenolic OH excluding ortho intramolecular Hbond substituents is 2. The van der Waals surface area contributed by atoms with Crippen molar-refractivity contribution >= 4 is 17.6 Å². The molecule has 32 heavy (non-hydrogen) atoms. The van der Waals surface area contributed by atoms with Crippen molar-refractivity contribution in [2.45, 2.75) is 0 Å². The van der Waals surface area contributed by atoms with E-state index in [2.05, 4.69) is 20.4 Å². The number of hydrogen-bond acceptors (Lipinski definition) is 6. The molecule has 2 aromatic heterocycles. The van der Waals surface area contributed by atoms with Gasteiger partial charge in [-0.25, -0.2) is 4.98 Å². The van der Waals surface area contributed by atoms with Crippen LogP contribution >= 0.6 is 0 Å². The van der Waals surface area contributed by atoms with E-state index < -0.39 is 5.91 Å². The van der Waals surface area contributed by atoms with Crippen LogP contribution in [0.2, 0.25) is 0 Å². The highest BCUT2D eigenvalue weighted by molar-refractivity contribution is 6.03. The Kier molecular flexibility index (Phi) is 4.72. The summed E-state index contributed by atoms with van der Waals surface area (Å²) in [6.07, 6.45) is 0. The molecule has 0 aliphatic carbocycles. The minimum atomic E-state index is -0.527. The number of amides is 1. The highest BCUT2D eigenvalue weighted by atomic mass is 16.3.